The third-order valence-corrected chi connectivity index (χ3v) is 5.31. The number of hydrogen-bond donors (Lipinski definition) is 1. The van der Waals surface area contributed by atoms with Gasteiger partial charge in [0, 0.05) is 17.0 Å². The number of amides is 1. The lowest BCUT2D eigenvalue weighted by atomic mass is 10.1. The Kier molecular flexibility index (Phi) is 5.90. The third-order valence-electron chi connectivity index (χ3n) is 4.55. The zero-order valence-electron chi connectivity index (χ0n) is 17.0. The van der Waals surface area contributed by atoms with Gasteiger partial charge < -0.3 is 18.9 Å². The SMILES string of the molecule is COc1ccc(OC)c(-c2csc(NC(=O)/C=C/c3cc4c(cc3[N+](=O)[O-])OCO4)n2)c1. The fourth-order valence-corrected chi connectivity index (χ4v) is 3.73. The number of nitro groups is 1. The van der Waals surface area contributed by atoms with Gasteiger partial charge in [0.25, 0.3) is 5.69 Å². The van der Waals surface area contributed by atoms with Crippen molar-refractivity contribution >= 4 is 34.1 Å². The lowest BCUT2D eigenvalue weighted by Crippen LogP contribution is -2.07. The van der Waals surface area contributed by atoms with E-state index in [4.69, 9.17) is 18.9 Å². The second-order valence-corrected chi connectivity index (χ2v) is 7.31. The first-order chi connectivity index (χ1) is 15.5. The number of hydrogen-bond acceptors (Lipinski definition) is 9. The van der Waals surface area contributed by atoms with Gasteiger partial charge in [0.05, 0.1) is 36.5 Å². The quantitative estimate of drug-likeness (QED) is 0.321. The molecule has 164 valence electrons. The number of methoxy groups -OCH3 is 2. The molecule has 0 radical (unpaired) electrons. The predicted octanol–water partition coefficient (Wildman–Crippen LogP) is 4.12. The number of nitro benzene ring substituents is 1. The average molecular weight is 455 g/mol. The van der Waals surface area contributed by atoms with E-state index in [-0.39, 0.29) is 18.0 Å². The molecular weight excluding hydrogens is 438 g/mol. The predicted molar refractivity (Wildman–Crippen MR) is 118 cm³/mol. The molecule has 10 nitrogen and oxygen atoms in total. The van der Waals surface area contributed by atoms with Crippen LogP contribution in [0.1, 0.15) is 5.56 Å². The van der Waals surface area contributed by atoms with Crippen molar-refractivity contribution in [2.75, 3.05) is 26.3 Å². The molecule has 0 saturated heterocycles. The van der Waals surface area contributed by atoms with Crippen molar-refractivity contribution in [1.82, 2.24) is 4.98 Å². The van der Waals surface area contributed by atoms with E-state index < -0.39 is 10.8 Å². The minimum Gasteiger partial charge on any atom is -0.497 e. The summed E-state index contributed by atoms with van der Waals surface area (Å²) in [5.74, 6) is 1.45. The molecule has 1 aromatic heterocycles. The number of carbonyl (C=O) groups excluding carboxylic acids is 1. The fraction of sp³-hybridized carbons (Fsp3) is 0.143. The lowest BCUT2D eigenvalue weighted by Gasteiger charge is -2.08. The molecule has 0 aliphatic carbocycles. The highest BCUT2D eigenvalue weighted by molar-refractivity contribution is 7.14. The molecule has 32 heavy (non-hydrogen) atoms. The maximum atomic E-state index is 12.4. The van der Waals surface area contributed by atoms with E-state index >= 15 is 0 Å². The van der Waals surface area contributed by atoms with Crippen LogP contribution < -0.4 is 24.3 Å². The van der Waals surface area contributed by atoms with Crippen LogP contribution in [0.25, 0.3) is 17.3 Å². The second kappa shape index (κ2) is 8.94. The molecule has 2 aromatic carbocycles. The summed E-state index contributed by atoms with van der Waals surface area (Å²) in [6.07, 6.45) is 2.53. The Hall–Kier alpha value is -4.12. The Morgan fingerprint density at radius 2 is 2.00 bits per heavy atom. The summed E-state index contributed by atoms with van der Waals surface area (Å²) in [5, 5.41) is 16.1. The van der Waals surface area contributed by atoms with Gasteiger partial charge in [-0.3, -0.25) is 20.2 Å². The monoisotopic (exact) mass is 455 g/mol. The number of anilines is 1. The van der Waals surface area contributed by atoms with E-state index in [1.165, 1.54) is 35.6 Å². The largest absolute Gasteiger partial charge is 0.497 e. The zero-order chi connectivity index (χ0) is 22.7. The first kappa shape index (κ1) is 21.1. The number of rotatable bonds is 7. The molecular formula is C21H17N3O7S. The van der Waals surface area contributed by atoms with Crippen LogP contribution in [0, 0.1) is 10.1 Å². The number of aromatic nitrogens is 1. The molecule has 1 aliphatic rings. The Labute approximate surface area is 186 Å². The Morgan fingerprint density at radius 1 is 1.22 bits per heavy atom. The van der Waals surface area contributed by atoms with Crippen molar-refractivity contribution in [3.05, 3.63) is 57.5 Å². The summed E-state index contributed by atoms with van der Waals surface area (Å²) in [4.78, 5) is 27.6. The molecule has 0 unspecified atom stereocenters. The van der Waals surface area contributed by atoms with Crippen molar-refractivity contribution in [3.63, 3.8) is 0 Å². The van der Waals surface area contributed by atoms with E-state index in [9.17, 15) is 14.9 Å². The molecule has 3 aromatic rings. The highest BCUT2D eigenvalue weighted by atomic mass is 32.1. The number of benzene rings is 2. The molecule has 0 saturated carbocycles. The van der Waals surface area contributed by atoms with Crippen LogP contribution in [-0.2, 0) is 4.79 Å². The number of ether oxygens (including phenoxy) is 4. The maximum Gasteiger partial charge on any atom is 0.280 e. The third kappa shape index (κ3) is 4.32. The number of nitrogens with one attached hydrogen (secondary N) is 1. The summed E-state index contributed by atoms with van der Waals surface area (Å²) >= 11 is 1.23. The van der Waals surface area contributed by atoms with Gasteiger partial charge in [0.2, 0.25) is 12.7 Å². The number of carbonyl (C=O) groups is 1. The van der Waals surface area contributed by atoms with E-state index in [0.29, 0.717) is 33.8 Å². The molecule has 0 spiro atoms. The van der Waals surface area contributed by atoms with Crippen LogP contribution in [0.15, 0.2) is 41.8 Å². The number of fused-ring (bicyclic) bond motifs is 1. The first-order valence-corrected chi connectivity index (χ1v) is 10.1. The molecule has 4 rings (SSSR count). The van der Waals surface area contributed by atoms with E-state index in [1.54, 1.807) is 37.8 Å². The molecule has 0 fully saturated rings. The Morgan fingerprint density at radius 3 is 2.72 bits per heavy atom. The van der Waals surface area contributed by atoms with Crippen LogP contribution in [0.4, 0.5) is 10.8 Å². The Bertz CT molecular complexity index is 1220. The average Bonchev–Trinajstić information content (AvgIpc) is 3.45. The second-order valence-electron chi connectivity index (χ2n) is 6.45. The van der Waals surface area contributed by atoms with E-state index in [1.807, 2.05) is 0 Å². The highest BCUT2D eigenvalue weighted by Crippen LogP contribution is 2.38. The molecule has 1 amide bonds. The van der Waals surface area contributed by atoms with Crippen LogP contribution >= 0.6 is 11.3 Å². The zero-order valence-corrected chi connectivity index (χ0v) is 17.8. The van der Waals surface area contributed by atoms with Crippen molar-refractivity contribution in [3.8, 4) is 34.3 Å². The molecule has 1 N–H and O–H groups in total. The van der Waals surface area contributed by atoms with Gasteiger partial charge >= 0.3 is 0 Å². The normalized spacial score (nSPS) is 12.1. The minimum absolute atomic E-state index is 0.00933. The number of nitrogens with zero attached hydrogens (tertiary/aromatic N) is 2. The van der Waals surface area contributed by atoms with Crippen molar-refractivity contribution < 1.29 is 28.7 Å². The molecule has 0 bridgehead atoms. The van der Waals surface area contributed by atoms with Gasteiger partial charge in [-0.25, -0.2) is 4.98 Å². The van der Waals surface area contributed by atoms with Crippen LogP contribution in [-0.4, -0.2) is 36.8 Å². The smallest absolute Gasteiger partial charge is 0.280 e. The van der Waals surface area contributed by atoms with Gasteiger partial charge in [0.15, 0.2) is 16.6 Å². The van der Waals surface area contributed by atoms with Gasteiger partial charge in [-0.1, -0.05) is 0 Å². The molecule has 0 atom stereocenters. The number of thiazole rings is 1. The van der Waals surface area contributed by atoms with E-state index in [0.717, 1.165) is 5.56 Å². The Balaban J connectivity index is 1.51. The first-order valence-electron chi connectivity index (χ1n) is 9.23. The summed E-state index contributed by atoms with van der Waals surface area (Å²) in [6.45, 7) is -0.00933. The minimum atomic E-state index is -0.547. The highest BCUT2D eigenvalue weighted by Gasteiger charge is 2.22. The van der Waals surface area contributed by atoms with Gasteiger partial charge in [-0.15, -0.1) is 11.3 Å². The van der Waals surface area contributed by atoms with Gasteiger partial charge in [-0.05, 0) is 30.3 Å². The molecule has 2 heterocycles. The summed E-state index contributed by atoms with van der Waals surface area (Å²) in [6, 6.07) is 8.07. The summed E-state index contributed by atoms with van der Waals surface area (Å²) in [5.41, 5.74) is 1.35. The van der Waals surface area contributed by atoms with Crippen molar-refractivity contribution in [2.24, 2.45) is 0 Å². The van der Waals surface area contributed by atoms with Crippen LogP contribution in [0.2, 0.25) is 0 Å². The standard InChI is InChI=1S/C21H17N3O7S/c1-28-13-4-5-17(29-2)14(8-13)15-10-32-21(22-15)23-20(25)6-3-12-7-18-19(31-11-30-18)9-16(12)24(26)27/h3-10H,11H2,1-2H3,(H,22,23,25)/b6-3+. The topological polar surface area (TPSA) is 122 Å². The van der Waals surface area contributed by atoms with E-state index in [2.05, 4.69) is 10.3 Å². The van der Waals surface area contributed by atoms with Gasteiger partial charge in [-0.2, -0.15) is 0 Å². The van der Waals surface area contributed by atoms with Gasteiger partial charge in [0.1, 0.15) is 11.5 Å². The molecule has 11 heteroatoms. The van der Waals surface area contributed by atoms with Crippen LogP contribution in [0.3, 0.4) is 0 Å². The van der Waals surface area contributed by atoms with Crippen molar-refractivity contribution in [2.45, 2.75) is 0 Å². The summed E-state index contributed by atoms with van der Waals surface area (Å²) < 4.78 is 21.0. The van der Waals surface area contributed by atoms with Crippen molar-refractivity contribution in [1.29, 1.82) is 0 Å². The van der Waals surface area contributed by atoms with Crippen LogP contribution in [0.5, 0.6) is 23.0 Å². The lowest BCUT2D eigenvalue weighted by molar-refractivity contribution is -0.385. The summed E-state index contributed by atoms with van der Waals surface area (Å²) in [7, 11) is 3.12. The molecule has 1 aliphatic heterocycles. The fourth-order valence-electron chi connectivity index (χ4n) is 3.02. The maximum absolute atomic E-state index is 12.4.